The largest absolute Gasteiger partial charge is 0.864 e. The quantitative estimate of drug-likeness (QED) is 0.0529. The number of nitrogens with zero attached hydrogens (tertiary/aromatic N) is 1. The number of quaternary nitrogens is 1. The minimum atomic E-state index is -4.74. The second kappa shape index (κ2) is 16.2. The summed E-state index contributed by atoms with van der Waals surface area (Å²) < 4.78 is 178. The fourth-order valence-corrected chi connectivity index (χ4v) is 4.50. The molecule has 4 rings (SSSR count). The van der Waals surface area contributed by atoms with E-state index >= 15 is 0 Å². The maximum atomic E-state index is 13.7. The molecule has 0 radical (unpaired) electrons. The summed E-state index contributed by atoms with van der Waals surface area (Å²) in [7, 11) is 3.14. The molecule has 53 heavy (non-hydrogen) atoms. The van der Waals surface area contributed by atoms with Gasteiger partial charge in [0.05, 0.1) is 50.0 Å². The molecule has 0 fully saturated rings. The lowest BCUT2D eigenvalue weighted by atomic mass is 9.96. The Kier molecular flexibility index (Phi) is 13.1. The van der Waals surface area contributed by atoms with E-state index in [4.69, 9.17) is 18.7 Å². The summed E-state index contributed by atoms with van der Waals surface area (Å²) in [4.78, 5) is 0. The van der Waals surface area contributed by atoms with Crippen LogP contribution in [-0.4, -0.2) is 39.6 Å². The van der Waals surface area contributed by atoms with Crippen LogP contribution in [0.1, 0.15) is 41.7 Å². The van der Waals surface area contributed by atoms with Gasteiger partial charge in [0.15, 0.2) is 0 Å². The Bertz CT molecular complexity index is 1700. The van der Waals surface area contributed by atoms with Gasteiger partial charge < -0.3 is 18.7 Å². The van der Waals surface area contributed by atoms with Crippen molar-refractivity contribution in [1.82, 2.24) is 0 Å². The Labute approximate surface area is 297 Å². The lowest BCUT2D eigenvalue weighted by Gasteiger charge is -2.44. The molecule has 0 aromatic heterocycles. The van der Waals surface area contributed by atoms with Gasteiger partial charge in [-0.3, -0.25) is 4.48 Å². The van der Waals surface area contributed by atoms with E-state index in [0.717, 1.165) is 78.9 Å². The highest BCUT2D eigenvalue weighted by Crippen LogP contribution is 2.42. The molecule has 0 saturated carbocycles. The van der Waals surface area contributed by atoms with Crippen LogP contribution in [0.5, 0.6) is 17.2 Å². The molecule has 0 spiro atoms. The van der Waals surface area contributed by atoms with Crippen LogP contribution in [0.25, 0.3) is 0 Å². The summed E-state index contributed by atoms with van der Waals surface area (Å²) in [5.41, 5.74) is -5.14. The van der Waals surface area contributed by atoms with Gasteiger partial charge in [0, 0.05) is 6.92 Å². The van der Waals surface area contributed by atoms with E-state index in [1.807, 2.05) is 0 Å². The molecule has 5 nitrogen and oxygen atoms in total. The molecule has 4 aromatic carbocycles. The lowest BCUT2D eigenvalue weighted by molar-refractivity contribution is -0.958. The summed E-state index contributed by atoms with van der Waals surface area (Å²) in [6, 6.07) is 16.2. The topological polar surface area (TPSA) is 36.9 Å². The molecular formula is C35H32BF12NO4. The van der Waals surface area contributed by atoms with Crippen molar-refractivity contribution in [1.29, 1.82) is 0 Å². The molecule has 0 saturated heterocycles. The maximum absolute atomic E-state index is 13.7. The molecule has 1 unspecified atom stereocenters. The van der Waals surface area contributed by atoms with Crippen LogP contribution in [0.3, 0.4) is 0 Å². The number of rotatable bonds is 10. The molecule has 0 aliphatic rings. The molecule has 288 valence electrons. The van der Waals surface area contributed by atoms with Gasteiger partial charge in [-0.2, -0.15) is 83.0 Å². The highest BCUT2D eigenvalue weighted by molar-refractivity contribution is 6.39. The SMILES string of the molecule is CCOC(C)(c1cc(C(F)(F)F)ccc1OB(Oc1ccc(C(F)(F)F)cc1)Oc1ccc(C(F)(F)F)cc1)[N+](C)(C)C.FC(F)(F)c1cc[c-]cc1. The van der Waals surface area contributed by atoms with E-state index in [-0.39, 0.29) is 33.9 Å². The normalized spacial score (nSPS) is 13.7. The number of hydrogen-bond acceptors (Lipinski definition) is 4. The Morgan fingerprint density at radius 3 is 1.26 bits per heavy atom. The van der Waals surface area contributed by atoms with Crippen molar-refractivity contribution in [2.24, 2.45) is 0 Å². The van der Waals surface area contributed by atoms with Gasteiger partial charge in [0.1, 0.15) is 17.2 Å². The summed E-state index contributed by atoms with van der Waals surface area (Å²) >= 11 is 0. The molecule has 0 N–H and O–H groups in total. The van der Waals surface area contributed by atoms with Gasteiger partial charge in [0.2, 0.25) is 5.72 Å². The monoisotopic (exact) mass is 769 g/mol. The van der Waals surface area contributed by atoms with Crippen molar-refractivity contribution in [3.63, 3.8) is 0 Å². The maximum Gasteiger partial charge on any atom is 0.864 e. The van der Waals surface area contributed by atoms with Crippen LogP contribution in [0, 0.1) is 6.07 Å². The zero-order valence-corrected chi connectivity index (χ0v) is 28.6. The third-order valence-corrected chi connectivity index (χ3v) is 7.61. The highest BCUT2D eigenvalue weighted by Gasteiger charge is 2.46. The summed E-state index contributed by atoms with van der Waals surface area (Å²) in [6.45, 7) is 3.28. The van der Waals surface area contributed by atoms with Crippen LogP contribution in [0.15, 0.2) is 91.0 Å². The first-order chi connectivity index (χ1) is 24.3. The molecule has 0 amide bonds. The first-order valence-corrected chi connectivity index (χ1v) is 15.3. The van der Waals surface area contributed by atoms with Gasteiger partial charge in [-0.1, -0.05) is 5.56 Å². The molecule has 4 aromatic rings. The summed E-state index contributed by atoms with van der Waals surface area (Å²) in [5, 5.41) is 0. The Morgan fingerprint density at radius 1 is 0.547 bits per heavy atom. The van der Waals surface area contributed by atoms with Crippen molar-refractivity contribution in [3.05, 3.63) is 125 Å². The predicted octanol–water partition coefficient (Wildman–Crippen LogP) is 10.7. The number of alkyl halides is 12. The van der Waals surface area contributed by atoms with E-state index in [2.05, 4.69) is 6.07 Å². The van der Waals surface area contributed by atoms with Crippen molar-refractivity contribution >= 4 is 7.32 Å². The number of hydrogen-bond donors (Lipinski definition) is 0. The first kappa shape index (κ1) is 42.8. The average molecular weight is 769 g/mol. The van der Waals surface area contributed by atoms with Crippen molar-refractivity contribution in [3.8, 4) is 17.2 Å². The average Bonchev–Trinajstić information content (AvgIpc) is 3.04. The molecular weight excluding hydrogens is 737 g/mol. The van der Waals surface area contributed by atoms with E-state index in [0.29, 0.717) is 0 Å². The highest BCUT2D eigenvalue weighted by atomic mass is 19.4. The zero-order valence-electron chi connectivity index (χ0n) is 28.6. The van der Waals surface area contributed by atoms with Crippen LogP contribution < -0.4 is 14.0 Å². The van der Waals surface area contributed by atoms with E-state index in [1.165, 1.54) is 12.1 Å². The van der Waals surface area contributed by atoms with Crippen LogP contribution >= 0.6 is 0 Å². The molecule has 0 aliphatic carbocycles. The molecule has 0 bridgehead atoms. The molecule has 0 aliphatic heterocycles. The molecule has 18 heteroatoms. The summed E-state index contributed by atoms with van der Waals surface area (Å²) in [5.74, 6) is -0.601. The fourth-order valence-electron chi connectivity index (χ4n) is 4.50. The third-order valence-electron chi connectivity index (χ3n) is 7.61. The van der Waals surface area contributed by atoms with Crippen molar-refractivity contribution in [2.45, 2.75) is 44.3 Å². The summed E-state index contributed by atoms with van der Waals surface area (Å²) in [6.07, 6.45) is -18.3. The molecule has 0 heterocycles. The van der Waals surface area contributed by atoms with Gasteiger partial charge in [0.25, 0.3) is 0 Å². The van der Waals surface area contributed by atoms with Crippen molar-refractivity contribution in [2.75, 3.05) is 27.7 Å². The number of benzene rings is 4. The lowest BCUT2D eigenvalue weighted by Crippen LogP contribution is -2.54. The van der Waals surface area contributed by atoms with Gasteiger partial charge in [-0.05, 0) is 73.7 Å². The van der Waals surface area contributed by atoms with Gasteiger partial charge in [-0.15, -0.1) is 0 Å². The van der Waals surface area contributed by atoms with Crippen LogP contribution in [0.4, 0.5) is 52.7 Å². The van der Waals surface area contributed by atoms with Gasteiger partial charge >= 0.3 is 32.0 Å². The van der Waals surface area contributed by atoms with Crippen LogP contribution in [-0.2, 0) is 35.2 Å². The van der Waals surface area contributed by atoms with Crippen molar-refractivity contribution < 1.29 is 75.9 Å². The van der Waals surface area contributed by atoms with E-state index < -0.39 is 60.0 Å². The van der Waals surface area contributed by atoms with E-state index in [1.54, 1.807) is 35.0 Å². The Hall–Kier alpha value is -4.58. The minimum Gasteiger partial charge on any atom is -0.490 e. The first-order valence-electron chi connectivity index (χ1n) is 15.3. The van der Waals surface area contributed by atoms with E-state index in [9.17, 15) is 52.7 Å². The fraction of sp³-hybridized carbons (Fsp3) is 0.314. The Morgan fingerprint density at radius 2 is 0.925 bits per heavy atom. The smallest absolute Gasteiger partial charge is 0.490 e. The molecule has 1 atom stereocenters. The third kappa shape index (κ3) is 11.7. The zero-order chi connectivity index (χ0) is 40.0. The number of halogens is 12. The predicted molar refractivity (Wildman–Crippen MR) is 169 cm³/mol. The minimum absolute atomic E-state index is 0.0390. The standard InChI is InChI=1S/C28H28BF9NO4.C7H4F3/c1-6-40-25(2,39(3,4)5)23-17-20(28(36,37)38)11-16-24(23)43-29(41-21-12-7-18(8-13-21)26(30,31)32)42-22-14-9-19(10-15-22)27(33,34)35;8-7(9,10)6-4-2-1-3-5-6/h7-17H,6H2,1-5H3;2-5H/q+1;-1. The van der Waals surface area contributed by atoms with Gasteiger partial charge in [-0.25, -0.2) is 0 Å². The Balaban J connectivity index is 0.000000651. The number of ether oxygens (including phenoxy) is 1. The second-order valence-electron chi connectivity index (χ2n) is 12.1. The van der Waals surface area contributed by atoms with Crippen LogP contribution in [0.2, 0.25) is 0 Å². The second-order valence-corrected chi connectivity index (χ2v) is 12.1.